The van der Waals surface area contributed by atoms with Crippen LogP contribution in [0.1, 0.15) is 21.5 Å². The summed E-state index contributed by atoms with van der Waals surface area (Å²) in [6.07, 6.45) is -3.14. The second-order valence-corrected chi connectivity index (χ2v) is 5.85. The van der Waals surface area contributed by atoms with Crippen LogP contribution in [-0.4, -0.2) is 22.8 Å². The normalized spacial score (nSPS) is 11.3. The van der Waals surface area contributed by atoms with Gasteiger partial charge in [0.2, 0.25) is 0 Å². The molecule has 3 aromatic rings. The van der Waals surface area contributed by atoms with E-state index in [0.29, 0.717) is 0 Å². The van der Waals surface area contributed by atoms with Crippen LogP contribution in [0, 0.1) is 5.82 Å². The molecule has 1 heterocycles. The van der Waals surface area contributed by atoms with Gasteiger partial charge in [0.05, 0.1) is 24.8 Å². The van der Waals surface area contributed by atoms with Gasteiger partial charge in [-0.05, 0) is 29.8 Å². The third kappa shape index (κ3) is 4.30. The number of anilines is 1. The van der Waals surface area contributed by atoms with E-state index >= 15 is 0 Å². The number of carbonyl (C=O) groups is 1. The maximum Gasteiger partial charge on any atom is 0.416 e. The molecular weight excluding hydrogens is 378 g/mol. The predicted octanol–water partition coefficient (Wildman–Crippen LogP) is 4.35. The molecule has 1 N–H and O–H groups in total. The Hall–Kier alpha value is -3.36. The van der Waals surface area contributed by atoms with Gasteiger partial charge in [-0.15, -0.1) is 0 Å². The summed E-state index contributed by atoms with van der Waals surface area (Å²) < 4.78 is 59.6. The fourth-order valence-corrected chi connectivity index (χ4v) is 2.60. The maximum absolute atomic E-state index is 13.7. The average molecular weight is 393 g/mol. The van der Waals surface area contributed by atoms with Gasteiger partial charge in [0.1, 0.15) is 11.6 Å². The minimum absolute atomic E-state index is 0.0108. The number of alkyl halides is 3. The van der Waals surface area contributed by atoms with E-state index in [1.807, 2.05) is 0 Å². The van der Waals surface area contributed by atoms with Crippen LogP contribution in [0.4, 0.5) is 23.4 Å². The minimum atomic E-state index is -4.56. The number of carbonyl (C=O) groups excluding carboxylic acids is 1. The van der Waals surface area contributed by atoms with Gasteiger partial charge < -0.3 is 10.1 Å². The number of rotatable bonds is 5. The lowest BCUT2D eigenvalue weighted by Gasteiger charge is -2.14. The SMILES string of the molecule is COc1ccc(Cn2ccc(NC(=O)c3ccccc3F)n2)c(C(F)(F)F)c1. The van der Waals surface area contributed by atoms with Crippen LogP contribution >= 0.6 is 0 Å². The number of ether oxygens (including phenoxy) is 1. The van der Waals surface area contributed by atoms with E-state index in [0.717, 1.165) is 12.1 Å². The second kappa shape index (κ2) is 7.71. The van der Waals surface area contributed by atoms with Crippen LogP contribution in [0.3, 0.4) is 0 Å². The largest absolute Gasteiger partial charge is 0.497 e. The van der Waals surface area contributed by atoms with Gasteiger partial charge in [-0.1, -0.05) is 18.2 Å². The highest BCUT2D eigenvalue weighted by Crippen LogP contribution is 2.34. The molecule has 146 valence electrons. The maximum atomic E-state index is 13.7. The first kappa shape index (κ1) is 19.4. The van der Waals surface area contributed by atoms with Crippen molar-refractivity contribution in [2.75, 3.05) is 12.4 Å². The average Bonchev–Trinajstić information content (AvgIpc) is 3.08. The highest BCUT2D eigenvalue weighted by molar-refractivity contribution is 6.03. The Kier molecular flexibility index (Phi) is 5.34. The van der Waals surface area contributed by atoms with Crippen LogP contribution in [0.25, 0.3) is 0 Å². The number of aromatic nitrogens is 2. The number of hydrogen-bond donors (Lipinski definition) is 1. The molecule has 9 heteroatoms. The molecule has 3 rings (SSSR count). The fraction of sp³-hybridized carbons (Fsp3) is 0.158. The zero-order valence-corrected chi connectivity index (χ0v) is 14.6. The summed E-state index contributed by atoms with van der Waals surface area (Å²) in [6.45, 7) is -0.172. The summed E-state index contributed by atoms with van der Waals surface area (Å²) in [5, 5.41) is 6.45. The third-order valence-electron chi connectivity index (χ3n) is 3.96. The molecule has 0 bridgehead atoms. The minimum Gasteiger partial charge on any atom is -0.497 e. The lowest BCUT2D eigenvalue weighted by molar-refractivity contribution is -0.138. The molecule has 0 saturated carbocycles. The van der Waals surface area contributed by atoms with Crippen molar-refractivity contribution in [2.24, 2.45) is 0 Å². The number of amides is 1. The van der Waals surface area contributed by atoms with Crippen molar-refractivity contribution in [3.63, 3.8) is 0 Å². The van der Waals surface area contributed by atoms with E-state index in [1.54, 1.807) is 0 Å². The van der Waals surface area contributed by atoms with Crippen LogP contribution in [0.5, 0.6) is 5.75 Å². The van der Waals surface area contributed by atoms with Crippen molar-refractivity contribution in [1.82, 2.24) is 9.78 Å². The first-order valence-corrected chi connectivity index (χ1v) is 8.11. The lowest BCUT2D eigenvalue weighted by atomic mass is 10.1. The van der Waals surface area contributed by atoms with Crippen molar-refractivity contribution in [2.45, 2.75) is 12.7 Å². The van der Waals surface area contributed by atoms with E-state index in [2.05, 4.69) is 10.4 Å². The summed E-state index contributed by atoms with van der Waals surface area (Å²) in [6, 6.07) is 10.5. The summed E-state index contributed by atoms with van der Waals surface area (Å²) in [4.78, 5) is 12.1. The van der Waals surface area contributed by atoms with E-state index in [1.165, 1.54) is 54.4 Å². The first-order valence-electron chi connectivity index (χ1n) is 8.11. The molecule has 0 saturated heterocycles. The molecule has 0 atom stereocenters. The quantitative estimate of drug-likeness (QED) is 0.656. The Bertz CT molecular complexity index is 999. The van der Waals surface area contributed by atoms with Gasteiger partial charge >= 0.3 is 6.18 Å². The summed E-state index contributed by atoms with van der Waals surface area (Å²) in [7, 11) is 1.28. The number of methoxy groups -OCH3 is 1. The molecule has 0 aliphatic heterocycles. The monoisotopic (exact) mass is 393 g/mol. The smallest absolute Gasteiger partial charge is 0.416 e. The fourth-order valence-electron chi connectivity index (χ4n) is 2.60. The zero-order chi connectivity index (χ0) is 20.3. The van der Waals surface area contributed by atoms with Crippen LogP contribution in [-0.2, 0) is 12.7 Å². The molecular formula is C19H15F4N3O2. The Morgan fingerprint density at radius 3 is 2.61 bits per heavy atom. The highest BCUT2D eigenvalue weighted by atomic mass is 19.4. The van der Waals surface area contributed by atoms with Crippen molar-refractivity contribution in [1.29, 1.82) is 0 Å². The summed E-state index contributed by atoms with van der Waals surface area (Å²) >= 11 is 0. The van der Waals surface area contributed by atoms with Gasteiger partial charge in [0, 0.05) is 12.3 Å². The van der Waals surface area contributed by atoms with Crippen molar-refractivity contribution in [3.8, 4) is 5.75 Å². The number of nitrogens with one attached hydrogen (secondary N) is 1. The number of hydrogen-bond acceptors (Lipinski definition) is 3. The van der Waals surface area contributed by atoms with E-state index in [-0.39, 0.29) is 29.2 Å². The number of halogens is 4. The molecule has 0 spiro atoms. The first-order chi connectivity index (χ1) is 13.3. The predicted molar refractivity (Wildman–Crippen MR) is 93.7 cm³/mol. The van der Waals surface area contributed by atoms with Gasteiger partial charge in [-0.2, -0.15) is 18.3 Å². The molecule has 1 aromatic heterocycles. The van der Waals surface area contributed by atoms with E-state index < -0.39 is 23.5 Å². The lowest BCUT2D eigenvalue weighted by Crippen LogP contribution is -2.15. The number of benzene rings is 2. The summed E-state index contributed by atoms with van der Waals surface area (Å²) in [5.74, 6) is -1.21. The molecule has 0 unspecified atom stereocenters. The molecule has 0 aliphatic rings. The highest BCUT2D eigenvalue weighted by Gasteiger charge is 2.34. The van der Waals surface area contributed by atoms with Gasteiger partial charge in [0.25, 0.3) is 5.91 Å². The standard InChI is InChI=1S/C19H15F4N3O2/c1-28-13-7-6-12(15(10-13)19(21,22)23)11-26-9-8-17(25-26)24-18(27)14-4-2-3-5-16(14)20/h2-10H,11H2,1H3,(H,24,25,27). The van der Waals surface area contributed by atoms with Crippen LogP contribution < -0.4 is 10.1 Å². The molecule has 28 heavy (non-hydrogen) atoms. The van der Waals surface area contributed by atoms with Gasteiger partial charge in [-0.3, -0.25) is 9.48 Å². The molecule has 0 radical (unpaired) electrons. The molecule has 5 nitrogen and oxygen atoms in total. The Morgan fingerprint density at radius 2 is 1.93 bits per heavy atom. The van der Waals surface area contributed by atoms with E-state index in [9.17, 15) is 22.4 Å². The number of nitrogens with zero attached hydrogens (tertiary/aromatic N) is 2. The van der Waals surface area contributed by atoms with Crippen LogP contribution in [0.2, 0.25) is 0 Å². The molecule has 2 aromatic carbocycles. The Labute approximate surface area is 157 Å². The molecule has 1 amide bonds. The van der Waals surface area contributed by atoms with Crippen molar-refractivity contribution < 1.29 is 27.1 Å². The molecule has 0 aliphatic carbocycles. The Morgan fingerprint density at radius 1 is 1.18 bits per heavy atom. The topological polar surface area (TPSA) is 56.1 Å². The molecule has 0 fully saturated rings. The summed E-state index contributed by atoms with van der Waals surface area (Å²) in [5.41, 5.74) is -1.01. The van der Waals surface area contributed by atoms with Crippen molar-refractivity contribution >= 4 is 11.7 Å². The third-order valence-corrected chi connectivity index (χ3v) is 3.96. The Balaban J connectivity index is 1.78. The zero-order valence-electron chi connectivity index (χ0n) is 14.6. The van der Waals surface area contributed by atoms with Gasteiger partial charge in [0.15, 0.2) is 5.82 Å². The van der Waals surface area contributed by atoms with Gasteiger partial charge in [-0.25, -0.2) is 4.39 Å². The second-order valence-electron chi connectivity index (χ2n) is 5.85. The van der Waals surface area contributed by atoms with Crippen molar-refractivity contribution in [3.05, 3.63) is 77.2 Å². The van der Waals surface area contributed by atoms with Crippen LogP contribution in [0.15, 0.2) is 54.7 Å². The van der Waals surface area contributed by atoms with E-state index in [4.69, 9.17) is 4.74 Å².